The van der Waals surface area contributed by atoms with Gasteiger partial charge in [-0.25, -0.2) is 4.79 Å². The summed E-state index contributed by atoms with van der Waals surface area (Å²) >= 11 is 6.25. The zero-order chi connectivity index (χ0) is 13.0. The van der Waals surface area contributed by atoms with Crippen LogP contribution in [0.25, 0.3) is 5.57 Å². The van der Waals surface area contributed by atoms with Crippen LogP contribution in [-0.2, 0) is 9.53 Å². The molecule has 1 aromatic carbocycles. The van der Waals surface area contributed by atoms with Gasteiger partial charge >= 0.3 is 5.97 Å². The predicted molar refractivity (Wildman–Crippen MR) is 73.4 cm³/mol. The van der Waals surface area contributed by atoms with Crippen molar-refractivity contribution in [2.75, 3.05) is 6.61 Å². The smallest absolute Gasteiger partial charge is 0.331 e. The molecule has 1 aliphatic carbocycles. The second kappa shape index (κ2) is 5.40. The number of hydrogen-bond acceptors (Lipinski definition) is 2. The molecule has 1 unspecified atom stereocenters. The number of esters is 1. The minimum Gasteiger partial charge on any atom is -0.464 e. The Kier molecular flexibility index (Phi) is 3.87. The Labute approximate surface area is 112 Å². The fourth-order valence-corrected chi connectivity index (χ4v) is 2.06. The Bertz CT molecular complexity index is 490. The van der Waals surface area contributed by atoms with E-state index < -0.39 is 4.87 Å². The van der Waals surface area contributed by atoms with Gasteiger partial charge in [-0.3, -0.25) is 0 Å². The maximum absolute atomic E-state index is 11.7. The molecule has 1 aromatic rings. The Balaban J connectivity index is 2.14. The lowest BCUT2D eigenvalue weighted by Crippen LogP contribution is -2.33. The summed E-state index contributed by atoms with van der Waals surface area (Å²) in [6.07, 6.45) is 6.02. The highest BCUT2D eigenvalue weighted by Gasteiger charge is 2.35. The molecular formula is C15H15ClO2. The molecule has 2 rings (SSSR count). The highest BCUT2D eigenvalue weighted by Crippen LogP contribution is 2.32. The van der Waals surface area contributed by atoms with Crippen molar-refractivity contribution in [1.82, 2.24) is 0 Å². The minimum atomic E-state index is -1.05. The van der Waals surface area contributed by atoms with E-state index >= 15 is 0 Å². The normalized spacial score (nSPS) is 22.4. The van der Waals surface area contributed by atoms with Crippen molar-refractivity contribution in [1.29, 1.82) is 0 Å². The lowest BCUT2D eigenvalue weighted by atomic mass is 9.92. The number of alkyl halides is 1. The fraction of sp³-hybridized carbons (Fsp3) is 0.267. The highest BCUT2D eigenvalue weighted by atomic mass is 35.5. The molecule has 18 heavy (non-hydrogen) atoms. The number of hydrogen-bond donors (Lipinski definition) is 0. The van der Waals surface area contributed by atoms with Crippen LogP contribution in [0.4, 0.5) is 0 Å². The predicted octanol–water partition coefficient (Wildman–Crippen LogP) is 3.57. The third-order valence-electron chi connectivity index (χ3n) is 2.87. The van der Waals surface area contributed by atoms with Crippen molar-refractivity contribution in [3.8, 4) is 0 Å². The molecule has 94 valence electrons. The van der Waals surface area contributed by atoms with Gasteiger partial charge in [-0.05, 0) is 24.5 Å². The van der Waals surface area contributed by atoms with Crippen LogP contribution in [0.2, 0.25) is 0 Å². The van der Waals surface area contributed by atoms with Crippen LogP contribution in [0.1, 0.15) is 18.9 Å². The van der Waals surface area contributed by atoms with Crippen LogP contribution in [0.5, 0.6) is 0 Å². The van der Waals surface area contributed by atoms with E-state index in [0.717, 1.165) is 11.1 Å². The fourth-order valence-electron chi connectivity index (χ4n) is 1.86. The van der Waals surface area contributed by atoms with Crippen LogP contribution < -0.4 is 0 Å². The van der Waals surface area contributed by atoms with Crippen LogP contribution >= 0.6 is 11.6 Å². The van der Waals surface area contributed by atoms with E-state index in [2.05, 4.69) is 0 Å². The molecule has 0 N–H and O–H groups in total. The van der Waals surface area contributed by atoms with Gasteiger partial charge in [0.2, 0.25) is 0 Å². The number of benzene rings is 1. The molecule has 1 atom stereocenters. The van der Waals surface area contributed by atoms with E-state index in [-0.39, 0.29) is 5.97 Å². The molecule has 0 aliphatic heterocycles. The quantitative estimate of drug-likeness (QED) is 0.615. The first kappa shape index (κ1) is 12.9. The van der Waals surface area contributed by atoms with Gasteiger partial charge in [-0.2, -0.15) is 0 Å². The van der Waals surface area contributed by atoms with Crippen molar-refractivity contribution >= 4 is 23.1 Å². The van der Waals surface area contributed by atoms with Gasteiger partial charge in [0.15, 0.2) is 4.87 Å². The average Bonchev–Trinajstić information content (AvgIpc) is 2.41. The first-order valence-corrected chi connectivity index (χ1v) is 6.34. The highest BCUT2D eigenvalue weighted by molar-refractivity contribution is 6.36. The summed E-state index contributed by atoms with van der Waals surface area (Å²) in [4.78, 5) is 10.7. The summed E-state index contributed by atoms with van der Waals surface area (Å²) < 4.78 is 4.97. The number of rotatable bonds is 3. The van der Waals surface area contributed by atoms with Crippen molar-refractivity contribution in [3.63, 3.8) is 0 Å². The summed E-state index contributed by atoms with van der Waals surface area (Å²) in [5, 5.41) is 0. The third kappa shape index (κ3) is 2.65. The van der Waals surface area contributed by atoms with Crippen LogP contribution in [-0.4, -0.2) is 17.5 Å². The summed E-state index contributed by atoms with van der Waals surface area (Å²) in [6.45, 7) is 2.12. The summed E-state index contributed by atoms with van der Waals surface area (Å²) in [5.41, 5.74) is 2.20. The largest absolute Gasteiger partial charge is 0.464 e. The van der Waals surface area contributed by atoms with Crippen LogP contribution in [0.15, 0.2) is 48.6 Å². The maximum Gasteiger partial charge on any atom is 0.331 e. The lowest BCUT2D eigenvalue weighted by molar-refractivity contribution is -0.144. The topological polar surface area (TPSA) is 26.3 Å². The van der Waals surface area contributed by atoms with E-state index in [0.29, 0.717) is 13.0 Å². The maximum atomic E-state index is 11.7. The van der Waals surface area contributed by atoms with Gasteiger partial charge in [0.05, 0.1) is 6.61 Å². The van der Waals surface area contributed by atoms with E-state index in [4.69, 9.17) is 16.3 Å². The zero-order valence-corrected chi connectivity index (χ0v) is 11.0. The Morgan fingerprint density at radius 1 is 1.39 bits per heavy atom. The van der Waals surface area contributed by atoms with Gasteiger partial charge < -0.3 is 4.74 Å². The molecule has 0 saturated carbocycles. The SMILES string of the molecule is CCOC(=O)C1(Cl)C=CC(c2ccccc2)=CC1. The van der Waals surface area contributed by atoms with Gasteiger partial charge in [-0.15, -0.1) is 11.6 Å². The average molecular weight is 263 g/mol. The summed E-state index contributed by atoms with van der Waals surface area (Å²) in [7, 11) is 0. The first-order valence-electron chi connectivity index (χ1n) is 5.96. The lowest BCUT2D eigenvalue weighted by Gasteiger charge is -2.23. The molecule has 0 aromatic heterocycles. The van der Waals surface area contributed by atoms with Crippen molar-refractivity contribution in [2.45, 2.75) is 18.2 Å². The molecule has 0 saturated heterocycles. The van der Waals surface area contributed by atoms with Crippen LogP contribution in [0.3, 0.4) is 0 Å². The molecule has 2 nitrogen and oxygen atoms in total. The minimum absolute atomic E-state index is 0.344. The van der Waals surface area contributed by atoms with E-state index in [1.807, 2.05) is 42.5 Å². The van der Waals surface area contributed by atoms with E-state index in [9.17, 15) is 4.79 Å². The second-order valence-electron chi connectivity index (χ2n) is 4.15. The number of carbonyl (C=O) groups is 1. The van der Waals surface area contributed by atoms with Gasteiger partial charge in [0.1, 0.15) is 0 Å². The zero-order valence-electron chi connectivity index (χ0n) is 10.2. The number of carbonyl (C=O) groups excluding carboxylic acids is 1. The molecular weight excluding hydrogens is 248 g/mol. The number of halogens is 1. The first-order chi connectivity index (χ1) is 8.65. The third-order valence-corrected chi connectivity index (χ3v) is 3.30. The molecule has 0 radical (unpaired) electrons. The number of ether oxygens (including phenoxy) is 1. The molecule has 0 heterocycles. The standard InChI is InChI=1S/C15H15ClO2/c1-2-18-14(17)15(16)10-8-13(9-11-15)12-6-4-3-5-7-12/h3-10H,2,11H2,1H3. The van der Waals surface area contributed by atoms with Crippen molar-refractivity contribution < 1.29 is 9.53 Å². The molecule has 1 aliphatic rings. The summed E-state index contributed by atoms with van der Waals surface area (Å²) in [6, 6.07) is 10.0. The number of allylic oxidation sites excluding steroid dienone is 3. The van der Waals surface area contributed by atoms with E-state index in [1.165, 1.54) is 0 Å². The van der Waals surface area contributed by atoms with Crippen molar-refractivity contribution in [3.05, 3.63) is 54.1 Å². The van der Waals surface area contributed by atoms with Gasteiger partial charge in [-0.1, -0.05) is 48.6 Å². The molecule has 0 fully saturated rings. The Hall–Kier alpha value is -1.54. The van der Waals surface area contributed by atoms with Gasteiger partial charge in [0.25, 0.3) is 0 Å². The molecule has 0 bridgehead atoms. The van der Waals surface area contributed by atoms with Gasteiger partial charge in [0, 0.05) is 0 Å². The Morgan fingerprint density at radius 3 is 2.67 bits per heavy atom. The second-order valence-corrected chi connectivity index (χ2v) is 4.82. The molecule has 0 amide bonds. The molecule has 0 spiro atoms. The van der Waals surface area contributed by atoms with Crippen LogP contribution in [0, 0.1) is 0 Å². The van der Waals surface area contributed by atoms with Crippen molar-refractivity contribution in [2.24, 2.45) is 0 Å². The monoisotopic (exact) mass is 262 g/mol. The molecule has 3 heteroatoms. The summed E-state index contributed by atoms with van der Waals surface area (Å²) in [5.74, 6) is -0.383. The van der Waals surface area contributed by atoms with E-state index in [1.54, 1.807) is 13.0 Å². The Morgan fingerprint density at radius 2 is 2.11 bits per heavy atom.